The van der Waals surface area contributed by atoms with Crippen molar-refractivity contribution in [2.75, 3.05) is 11.9 Å². The number of thiophene rings is 1. The van der Waals surface area contributed by atoms with Crippen molar-refractivity contribution >= 4 is 33.9 Å². The Kier molecular flexibility index (Phi) is 3.53. The van der Waals surface area contributed by atoms with Gasteiger partial charge < -0.3 is 4.74 Å². The average Bonchev–Trinajstić information content (AvgIpc) is 2.86. The molecule has 0 saturated heterocycles. The van der Waals surface area contributed by atoms with Crippen LogP contribution >= 0.6 is 22.7 Å². The molecule has 2 aromatic heterocycles. The molecule has 6 heteroatoms. The van der Waals surface area contributed by atoms with Crippen LogP contribution in [-0.2, 0) is 4.74 Å². The predicted molar refractivity (Wildman–Crippen MR) is 66.1 cm³/mol. The van der Waals surface area contributed by atoms with E-state index in [0.29, 0.717) is 11.7 Å². The van der Waals surface area contributed by atoms with Gasteiger partial charge in [-0.25, -0.2) is 9.78 Å². The maximum atomic E-state index is 11.1. The number of ether oxygens (including phenoxy) is 1. The quantitative estimate of drug-likeness (QED) is 0.912. The number of thiazole rings is 1. The Balaban J connectivity index is 2.06. The van der Waals surface area contributed by atoms with Crippen molar-refractivity contribution in [3.05, 3.63) is 22.9 Å². The van der Waals surface area contributed by atoms with Crippen LogP contribution in [0.5, 0.6) is 0 Å². The molecule has 0 aliphatic rings. The van der Waals surface area contributed by atoms with Gasteiger partial charge in [0.2, 0.25) is 0 Å². The van der Waals surface area contributed by atoms with E-state index in [4.69, 9.17) is 4.74 Å². The molecule has 2 heterocycles. The van der Waals surface area contributed by atoms with E-state index >= 15 is 0 Å². The Labute approximate surface area is 101 Å². The van der Waals surface area contributed by atoms with Gasteiger partial charge in [0.25, 0.3) is 0 Å². The molecule has 2 rings (SSSR count). The number of rotatable bonds is 3. The number of nitrogens with zero attached hydrogens (tertiary/aromatic N) is 1. The average molecular weight is 254 g/mol. The summed E-state index contributed by atoms with van der Waals surface area (Å²) in [6.07, 6.45) is -0.463. The molecule has 0 aliphatic heterocycles. The molecule has 0 unspecified atom stereocenters. The summed E-state index contributed by atoms with van der Waals surface area (Å²) in [4.78, 5) is 16.5. The van der Waals surface area contributed by atoms with Gasteiger partial charge in [-0.1, -0.05) is 6.07 Å². The zero-order chi connectivity index (χ0) is 11.4. The first-order valence-corrected chi connectivity index (χ1v) is 6.48. The van der Waals surface area contributed by atoms with Gasteiger partial charge >= 0.3 is 6.09 Å². The lowest BCUT2D eigenvalue weighted by Crippen LogP contribution is -2.12. The second-order valence-corrected chi connectivity index (χ2v) is 4.67. The molecule has 0 atom stereocenters. The molecule has 0 bridgehead atoms. The number of hydrogen-bond donors (Lipinski definition) is 1. The minimum atomic E-state index is -0.463. The van der Waals surface area contributed by atoms with Crippen molar-refractivity contribution in [3.8, 4) is 10.6 Å². The summed E-state index contributed by atoms with van der Waals surface area (Å²) >= 11 is 3.00. The monoisotopic (exact) mass is 254 g/mol. The van der Waals surface area contributed by atoms with E-state index in [1.807, 2.05) is 22.9 Å². The number of hydrogen-bond acceptors (Lipinski definition) is 5. The van der Waals surface area contributed by atoms with Crippen molar-refractivity contribution in [1.29, 1.82) is 0 Å². The predicted octanol–water partition coefficient (Wildman–Crippen LogP) is 3.44. The van der Waals surface area contributed by atoms with Crippen LogP contribution in [0.4, 0.5) is 9.93 Å². The Bertz CT molecular complexity index is 465. The smallest absolute Gasteiger partial charge is 0.413 e. The van der Waals surface area contributed by atoms with Gasteiger partial charge in [-0.3, -0.25) is 5.32 Å². The number of carbonyl (C=O) groups is 1. The fourth-order valence-electron chi connectivity index (χ4n) is 1.12. The van der Waals surface area contributed by atoms with Crippen molar-refractivity contribution in [2.45, 2.75) is 6.92 Å². The summed E-state index contributed by atoms with van der Waals surface area (Å²) in [6, 6.07) is 3.96. The third-order valence-corrected chi connectivity index (χ3v) is 3.41. The second-order valence-electron chi connectivity index (χ2n) is 2.86. The van der Waals surface area contributed by atoms with Crippen LogP contribution in [0, 0.1) is 0 Å². The number of anilines is 1. The molecule has 84 valence electrons. The number of amides is 1. The zero-order valence-corrected chi connectivity index (χ0v) is 10.2. The summed E-state index contributed by atoms with van der Waals surface area (Å²) in [5.41, 5.74) is 0.881. The lowest BCUT2D eigenvalue weighted by molar-refractivity contribution is 0.168. The normalized spacial score (nSPS) is 10.1. The number of carbonyl (C=O) groups excluding carboxylic acids is 1. The van der Waals surface area contributed by atoms with Crippen LogP contribution in [0.3, 0.4) is 0 Å². The largest absolute Gasteiger partial charge is 0.450 e. The second kappa shape index (κ2) is 5.09. The van der Waals surface area contributed by atoms with Crippen LogP contribution in [-0.4, -0.2) is 17.7 Å². The summed E-state index contributed by atoms with van der Waals surface area (Å²) in [6.45, 7) is 2.12. The highest BCUT2D eigenvalue weighted by Crippen LogP contribution is 2.28. The van der Waals surface area contributed by atoms with E-state index in [2.05, 4.69) is 10.3 Å². The fraction of sp³-hybridized carbons (Fsp3) is 0.200. The Hall–Kier alpha value is -1.40. The maximum Gasteiger partial charge on any atom is 0.413 e. The SMILES string of the molecule is CCOC(=O)Nc1nc(-c2cccs2)cs1. The molecular formula is C10H10N2O2S2. The third-order valence-electron chi connectivity index (χ3n) is 1.76. The molecule has 16 heavy (non-hydrogen) atoms. The van der Waals surface area contributed by atoms with Crippen molar-refractivity contribution in [2.24, 2.45) is 0 Å². The van der Waals surface area contributed by atoms with Gasteiger partial charge in [0.1, 0.15) is 0 Å². The van der Waals surface area contributed by atoms with Gasteiger partial charge in [0, 0.05) is 5.38 Å². The first-order chi connectivity index (χ1) is 7.79. The minimum absolute atomic E-state index is 0.356. The number of nitrogens with one attached hydrogen (secondary N) is 1. The van der Waals surface area contributed by atoms with Crippen LogP contribution in [0.1, 0.15) is 6.92 Å². The summed E-state index contributed by atoms with van der Waals surface area (Å²) in [7, 11) is 0. The highest BCUT2D eigenvalue weighted by molar-refractivity contribution is 7.16. The van der Waals surface area contributed by atoms with Gasteiger partial charge in [-0.15, -0.1) is 22.7 Å². The van der Waals surface area contributed by atoms with Gasteiger partial charge in [0.05, 0.1) is 17.2 Å². The van der Waals surface area contributed by atoms with Gasteiger partial charge in [-0.2, -0.15) is 0 Å². The van der Waals surface area contributed by atoms with Crippen LogP contribution in [0.25, 0.3) is 10.6 Å². The van der Waals surface area contributed by atoms with E-state index in [9.17, 15) is 4.79 Å². The first kappa shape index (κ1) is 11.1. The lowest BCUT2D eigenvalue weighted by Gasteiger charge is -2.00. The molecule has 2 aromatic rings. The molecule has 0 fully saturated rings. The van der Waals surface area contributed by atoms with E-state index in [0.717, 1.165) is 10.6 Å². The van der Waals surface area contributed by atoms with Crippen molar-refractivity contribution < 1.29 is 9.53 Å². The minimum Gasteiger partial charge on any atom is -0.450 e. The number of aromatic nitrogens is 1. The Morgan fingerprint density at radius 2 is 2.44 bits per heavy atom. The van der Waals surface area contributed by atoms with Crippen LogP contribution in [0.2, 0.25) is 0 Å². The molecule has 4 nitrogen and oxygen atoms in total. The molecule has 0 saturated carbocycles. The van der Waals surface area contributed by atoms with E-state index in [1.54, 1.807) is 18.3 Å². The molecule has 0 aromatic carbocycles. The Morgan fingerprint density at radius 3 is 3.12 bits per heavy atom. The van der Waals surface area contributed by atoms with Crippen LogP contribution in [0.15, 0.2) is 22.9 Å². The molecule has 1 amide bonds. The lowest BCUT2D eigenvalue weighted by atomic mass is 10.4. The van der Waals surface area contributed by atoms with Gasteiger partial charge in [0.15, 0.2) is 5.13 Å². The summed E-state index contributed by atoms with van der Waals surface area (Å²) in [5, 5.41) is 7.04. The summed E-state index contributed by atoms with van der Waals surface area (Å²) in [5.74, 6) is 0. The van der Waals surface area contributed by atoms with E-state index < -0.39 is 6.09 Å². The molecule has 0 spiro atoms. The maximum absolute atomic E-state index is 11.1. The van der Waals surface area contributed by atoms with E-state index in [-0.39, 0.29) is 0 Å². The summed E-state index contributed by atoms with van der Waals surface area (Å²) < 4.78 is 4.76. The zero-order valence-electron chi connectivity index (χ0n) is 8.60. The first-order valence-electron chi connectivity index (χ1n) is 4.72. The standard InChI is InChI=1S/C10H10N2O2S2/c1-2-14-10(13)12-9-11-7(6-16-9)8-4-3-5-15-8/h3-6H,2H2,1H3,(H,11,12,13). The Morgan fingerprint density at radius 1 is 1.56 bits per heavy atom. The van der Waals surface area contributed by atoms with Crippen molar-refractivity contribution in [1.82, 2.24) is 4.98 Å². The van der Waals surface area contributed by atoms with E-state index in [1.165, 1.54) is 11.3 Å². The topological polar surface area (TPSA) is 51.2 Å². The van der Waals surface area contributed by atoms with Crippen LogP contribution < -0.4 is 5.32 Å². The fourth-order valence-corrected chi connectivity index (χ4v) is 2.58. The highest BCUT2D eigenvalue weighted by Gasteiger charge is 2.08. The highest BCUT2D eigenvalue weighted by atomic mass is 32.1. The molecule has 0 radical (unpaired) electrons. The molecule has 0 aliphatic carbocycles. The molecule has 1 N–H and O–H groups in total. The van der Waals surface area contributed by atoms with Crippen molar-refractivity contribution in [3.63, 3.8) is 0 Å². The third kappa shape index (κ3) is 2.59. The molecular weight excluding hydrogens is 244 g/mol. The van der Waals surface area contributed by atoms with Gasteiger partial charge in [-0.05, 0) is 18.4 Å².